The summed E-state index contributed by atoms with van der Waals surface area (Å²) in [5, 5.41) is 2.72. The topological polar surface area (TPSA) is 159 Å². The molecule has 188 valence electrons. The normalized spacial score (nSPS) is 12.7. The molecule has 1 unspecified atom stereocenters. The molecule has 3 amide bonds. The number of hydrogen-bond acceptors (Lipinski definition) is 9. The Hall–Kier alpha value is -4.23. The number of rotatable bonds is 9. The Kier molecular flexibility index (Phi) is 7.31. The van der Waals surface area contributed by atoms with Gasteiger partial charge in [0.1, 0.15) is 16.7 Å². The standard InChI is InChI=1S/C23H22FN5O6S/c1-33-9-8-27-22(31)19(12-2-4-13(24)5-3-12)29(14-6-7-15-16(10-14)35-11-34-15)23(32)20-17(25)18(21(26)30)28-36-20/h2-7,10,19H,8-9,11,25H2,1H3,(H2,26,30)(H,27,31). The molecular formula is C23H22FN5O6S. The largest absolute Gasteiger partial charge is 0.454 e. The van der Waals surface area contributed by atoms with E-state index in [-0.39, 0.29) is 41.9 Å². The van der Waals surface area contributed by atoms with E-state index in [1.54, 1.807) is 12.1 Å². The Morgan fingerprint density at radius 3 is 2.58 bits per heavy atom. The number of ether oxygens (including phenoxy) is 3. The molecule has 13 heteroatoms. The van der Waals surface area contributed by atoms with Gasteiger partial charge in [-0.05, 0) is 41.4 Å². The fourth-order valence-corrected chi connectivity index (χ4v) is 4.34. The van der Waals surface area contributed by atoms with Gasteiger partial charge in [0.15, 0.2) is 17.2 Å². The average Bonchev–Trinajstić information content (AvgIpc) is 3.49. The van der Waals surface area contributed by atoms with E-state index in [0.29, 0.717) is 28.6 Å². The molecule has 0 saturated heterocycles. The number of nitrogens with two attached hydrogens (primary N) is 2. The van der Waals surface area contributed by atoms with Crippen LogP contribution in [0, 0.1) is 5.82 Å². The lowest BCUT2D eigenvalue weighted by Gasteiger charge is -2.31. The highest BCUT2D eigenvalue weighted by Gasteiger charge is 2.36. The lowest BCUT2D eigenvalue weighted by Crippen LogP contribution is -2.44. The molecule has 1 aromatic heterocycles. The van der Waals surface area contributed by atoms with Crippen molar-refractivity contribution in [1.82, 2.24) is 9.69 Å². The fraction of sp³-hybridized carbons (Fsp3) is 0.217. The molecule has 4 rings (SSSR count). The lowest BCUT2D eigenvalue weighted by molar-refractivity contribution is -0.122. The minimum Gasteiger partial charge on any atom is -0.454 e. The number of methoxy groups -OCH3 is 1. The van der Waals surface area contributed by atoms with Crippen LogP contribution in [0.15, 0.2) is 42.5 Å². The number of hydrogen-bond donors (Lipinski definition) is 3. The van der Waals surface area contributed by atoms with Crippen LogP contribution in [-0.4, -0.2) is 49.1 Å². The fourth-order valence-electron chi connectivity index (χ4n) is 3.59. The van der Waals surface area contributed by atoms with Crippen molar-refractivity contribution in [2.45, 2.75) is 6.04 Å². The summed E-state index contributed by atoms with van der Waals surface area (Å²) < 4.78 is 33.5. The van der Waals surface area contributed by atoms with Gasteiger partial charge in [-0.25, -0.2) is 4.39 Å². The van der Waals surface area contributed by atoms with Crippen LogP contribution in [0.4, 0.5) is 15.8 Å². The molecule has 0 radical (unpaired) electrons. The highest BCUT2D eigenvalue weighted by atomic mass is 32.1. The van der Waals surface area contributed by atoms with Crippen molar-refractivity contribution in [2.24, 2.45) is 5.73 Å². The van der Waals surface area contributed by atoms with Crippen LogP contribution in [0.3, 0.4) is 0 Å². The summed E-state index contributed by atoms with van der Waals surface area (Å²) >= 11 is 0.675. The van der Waals surface area contributed by atoms with E-state index in [9.17, 15) is 18.8 Å². The Balaban J connectivity index is 1.86. The third-order valence-electron chi connectivity index (χ3n) is 5.31. The maximum absolute atomic E-state index is 13.9. The molecular weight excluding hydrogens is 493 g/mol. The number of benzene rings is 2. The van der Waals surface area contributed by atoms with E-state index in [1.807, 2.05) is 0 Å². The molecule has 36 heavy (non-hydrogen) atoms. The smallest absolute Gasteiger partial charge is 0.273 e. The summed E-state index contributed by atoms with van der Waals surface area (Å²) in [7, 11) is 1.48. The zero-order valence-electron chi connectivity index (χ0n) is 19.0. The van der Waals surface area contributed by atoms with E-state index in [2.05, 4.69) is 9.69 Å². The molecule has 1 aliphatic rings. The van der Waals surface area contributed by atoms with Crippen molar-refractivity contribution in [2.75, 3.05) is 37.7 Å². The number of nitrogens with zero attached hydrogens (tertiary/aromatic N) is 2. The van der Waals surface area contributed by atoms with E-state index in [1.165, 1.54) is 42.3 Å². The predicted molar refractivity (Wildman–Crippen MR) is 128 cm³/mol. The van der Waals surface area contributed by atoms with Crippen LogP contribution >= 0.6 is 11.5 Å². The van der Waals surface area contributed by atoms with Gasteiger partial charge in [-0.2, -0.15) is 4.37 Å². The van der Waals surface area contributed by atoms with E-state index >= 15 is 0 Å². The Morgan fingerprint density at radius 1 is 1.19 bits per heavy atom. The first-order valence-electron chi connectivity index (χ1n) is 10.6. The van der Waals surface area contributed by atoms with Gasteiger partial charge in [0.2, 0.25) is 12.7 Å². The van der Waals surface area contributed by atoms with Crippen LogP contribution in [0.2, 0.25) is 0 Å². The van der Waals surface area contributed by atoms with Crippen molar-refractivity contribution in [3.63, 3.8) is 0 Å². The molecule has 2 aromatic carbocycles. The predicted octanol–water partition coefficient (Wildman–Crippen LogP) is 1.84. The maximum atomic E-state index is 13.9. The summed E-state index contributed by atoms with van der Waals surface area (Å²) in [4.78, 5) is 40.2. The number of primary amides is 1. The summed E-state index contributed by atoms with van der Waals surface area (Å²) in [5.74, 6) is -1.89. The van der Waals surface area contributed by atoms with Crippen LogP contribution in [0.1, 0.15) is 31.8 Å². The van der Waals surface area contributed by atoms with Crippen LogP contribution in [0.25, 0.3) is 0 Å². The second-order valence-corrected chi connectivity index (χ2v) is 8.36. The van der Waals surface area contributed by atoms with Gasteiger partial charge in [-0.1, -0.05) is 12.1 Å². The van der Waals surface area contributed by atoms with Gasteiger partial charge in [-0.15, -0.1) is 0 Å². The van der Waals surface area contributed by atoms with Crippen molar-refractivity contribution in [3.8, 4) is 11.5 Å². The summed E-state index contributed by atoms with van der Waals surface area (Å²) in [5.41, 5.74) is 11.5. The van der Waals surface area contributed by atoms with E-state index < -0.39 is 29.6 Å². The number of carbonyl (C=O) groups excluding carboxylic acids is 3. The minimum absolute atomic E-state index is 0.00457. The second-order valence-electron chi connectivity index (χ2n) is 7.59. The number of nitrogens with one attached hydrogen (secondary N) is 1. The van der Waals surface area contributed by atoms with Gasteiger partial charge in [0, 0.05) is 25.4 Å². The number of anilines is 2. The summed E-state index contributed by atoms with van der Waals surface area (Å²) in [6, 6.07) is 8.57. The minimum atomic E-state index is -1.27. The zero-order valence-corrected chi connectivity index (χ0v) is 19.8. The Bertz CT molecular complexity index is 1300. The van der Waals surface area contributed by atoms with Gasteiger partial charge in [0.25, 0.3) is 11.8 Å². The van der Waals surface area contributed by atoms with Gasteiger partial charge in [-0.3, -0.25) is 19.3 Å². The monoisotopic (exact) mass is 515 g/mol. The summed E-state index contributed by atoms with van der Waals surface area (Å²) in [6.07, 6.45) is 0. The van der Waals surface area contributed by atoms with Gasteiger partial charge >= 0.3 is 0 Å². The van der Waals surface area contributed by atoms with Crippen molar-refractivity contribution in [3.05, 3.63) is 64.4 Å². The molecule has 1 aliphatic heterocycles. The van der Waals surface area contributed by atoms with Gasteiger partial charge in [0.05, 0.1) is 12.3 Å². The molecule has 0 spiro atoms. The number of amides is 3. The van der Waals surface area contributed by atoms with E-state index in [4.69, 9.17) is 25.7 Å². The van der Waals surface area contributed by atoms with Crippen molar-refractivity contribution < 1.29 is 33.0 Å². The first-order chi connectivity index (χ1) is 17.3. The quantitative estimate of drug-likeness (QED) is 0.364. The number of carbonyl (C=O) groups is 3. The zero-order chi connectivity index (χ0) is 25.8. The Morgan fingerprint density at radius 2 is 1.92 bits per heavy atom. The highest BCUT2D eigenvalue weighted by molar-refractivity contribution is 7.09. The number of nitrogen functional groups attached to an aromatic ring is 1. The molecule has 5 N–H and O–H groups in total. The lowest BCUT2D eigenvalue weighted by atomic mass is 10.0. The first-order valence-corrected chi connectivity index (χ1v) is 11.4. The molecule has 0 bridgehead atoms. The molecule has 2 heterocycles. The molecule has 0 fully saturated rings. The third kappa shape index (κ3) is 4.92. The molecule has 1 atom stereocenters. The van der Waals surface area contributed by atoms with Crippen LogP contribution in [-0.2, 0) is 9.53 Å². The third-order valence-corrected chi connectivity index (χ3v) is 6.16. The SMILES string of the molecule is COCCNC(=O)C(c1ccc(F)cc1)N(C(=O)c1snc(C(N)=O)c1N)c1ccc2c(c1)OCO2. The maximum Gasteiger partial charge on any atom is 0.273 e. The molecule has 0 aliphatic carbocycles. The number of aromatic nitrogens is 1. The second kappa shape index (κ2) is 10.6. The van der Waals surface area contributed by atoms with Crippen LogP contribution in [0.5, 0.6) is 11.5 Å². The van der Waals surface area contributed by atoms with E-state index in [0.717, 1.165) is 0 Å². The van der Waals surface area contributed by atoms with Crippen LogP contribution < -0.4 is 31.2 Å². The summed E-state index contributed by atoms with van der Waals surface area (Å²) in [6.45, 7) is 0.379. The average molecular weight is 516 g/mol. The number of fused-ring (bicyclic) bond motifs is 1. The van der Waals surface area contributed by atoms with Gasteiger partial charge < -0.3 is 31.0 Å². The van der Waals surface area contributed by atoms with Crippen molar-refractivity contribution >= 4 is 40.6 Å². The highest BCUT2D eigenvalue weighted by Crippen LogP contribution is 2.39. The first kappa shape index (κ1) is 24.9. The Labute approximate surface area is 208 Å². The molecule has 11 nitrogen and oxygen atoms in total. The molecule has 3 aromatic rings. The number of halogens is 1. The molecule has 0 saturated carbocycles. The van der Waals surface area contributed by atoms with Crippen molar-refractivity contribution in [1.29, 1.82) is 0 Å².